The highest BCUT2D eigenvalue weighted by Crippen LogP contribution is 2.18. The minimum Gasteiger partial charge on any atom is -0.325 e. The fourth-order valence-electron chi connectivity index (χ4n) is 2.20. The predicted octanol–water partition coefficient (Wildman–Crippen LogP) is 3.49. The summed E-state index contributed by atoms with van der Waals surface area (Å²) in [6.45, 7) is 6.58. The molecule has 2 N–H and O–H groups in total. The van der Waals surface area contributed by atoms with E-state index in [1.54, 1.807) is 12.4 Å². The van der Waals surface area contributed by atoms with Gasteiger partial charge in [-0.1, -0.05) is 26.0 Å². The zero-order chi connectivity index (χ0) is 15.9. The topological polar surface area (TPSA) is 54.0 Å². The summed E-state index contributed by atoms with van der Waals surface area (Å²) in [7, 11) is 0. The standard InChI is InChI=1S/C18H23N3O/c1-13(2)16-5-4-6-17(11-16)21-18(22)12-20-14(3)15-7-9-19-10-8-15/h4-11,13-14,20H,12H2,1-3H3,(H,21,22)/t14-/m0/s1. The highest BCUT2D eigenvalue weighted by atomic mass is 16.1. The Hall–Kier alpha value is -2.20. The van der Waals surface area contributed by atoms with Crippen molar-refractivity contribution >= 4 is 11.6 Å². The van der Waals surface area contributed by atoms with Crippen molar-refractivity contribution in [3.05, 3.63) is 59.9 Å². The minimum atomic E-state index is -0.0400. The van der Waals surface area contributed by atoms with E-state index < -0.39 is 0 Å². The molecule has 0 bridgehead atoms. The van der Waals surface area contributed by atoms with E-state index in [2.05, 4.69) is 35.5 Å². The fourth-order valence-corrected chi connectivity index (χ4v) is 2.20. The van der Waals surface area contributed by atoms with Crippen LogP contribution in [0.3, 0.4) is 0 Å². The van der Waals surface area contributed by atoms with Gasteiger partial charge in [0.2, 0.25) is 5.91 Å². The number of carbonyl (C=O) groups is 1. The number of rotatable bonds is 6. The maximum Gasteiger partial charge on any atom is 0.238 e. The van der Waals surface area contributed by atoms with Crippen LogP contribution in [-0.4, -0.2) is 17.4 Å². The molecule has 1 aromatic heterocycles. The number of pyridine rings is 1. The van der Waals surface area contributed by atoms with Crippen molar-refractivity contribution in [2.45, 2.75) is 32.7 Å². The zero-order valence-electron chi connectivity index (χ0n) is 13.3. The number of benzene rings is 1. The van der Waals surface area contributed by atoms with Crippen molar-refractivity contribution < 1.29 is 4.79 Å². The lowest BCUT2D eigenvalue weighted by atomic mass is 10.0. The molecular formula is C18H23N3O. The monoisotopic (exact) mass is 297 g/mol. The van der Waals surface area contributed by atoms with Crippen molar-refractivity contribution in [2.24, 2.45) is 0 Å². The molecule has 0 aliphatic carbocycles. The molecule has 2 rings (SSSR count). The summed E-state index contributed by atoms with van der Waals surface area (Å²) in [5.41, 5.74) is 3.18. The van der Waals surface area contributed by atoms with E-state index in [1.807, 2.05) is 37.3 Å². The second-order valence-electron chi connectivity index (χ2n) is 5.71. The third kappa shape index (κ3) is 4.67. The van der Waals surface area contributed by atoms with Gasteiger partial charge in [0, 0.05) is 24.1 Å². The van der Waals surface area contributed by atoms with Crippen LogP contribution in [0, 0.1) is 0 Å². The lowest BCUT2D eigenvalue weighted by Crippen LogP contribution is -2.30. The normalized spacial score (nSPS) is 12.2. The van der Waals surface area contributed by atoms with Crippen LogP contribution in [0.2, 0.25) is 0 Å². The van der Waals surface area contributed by atoms with Crippen LogP contribution in [0.25, 0.3) is 0 Å². The molecule has 1 heterocycles. The van der Waals surface area contributed by atoms with Crippen molar-refractivity contribution in [1.82, 2.24) is 10.3 Å². The van der Waals surface area contributed by atoms with E-state index in [-0.39, 0.29) is 18.5 Å². The fraction of sp³-hybridized carbons (Fsp3) is 0.333. The van der Waals surface area contributed by atoms with E-state index in [0.717, 1.165) is 11.3 Å². The van der Waals surface area contributed by atoms with Crippen LogP contribution in [0.5, 0.6) is 0 Å². The lowest BCUT2D eigenvalue weighted by molar-refractivity contribution is -0.115. The Labute approximate surface area is 132 Å². The van der Waals surface area contributed by atoms with Gasteiger partial charge in [-0.3, -0.25) is 9.78 Å². The second-order valence-corrected chi connectivity index (χ2v) is 5.71. The predicted molar refractivity (Wildman–Crippen MR) is 89.8 cm³/mol. The summed E-state index contributed by atoms with van der Waals surface area (Å²) in [5, 5.41) is 6.15. The Bertz CT molecular complexity index is 611. The molecule has 0 radical (unpaired) electrons. The van der Waals surface area contributed by atoms with Gasteiger partial charge >= 0.3 is 0 Å². The molecule has 2 aromatic rings. The van der Waals surface area contributed by atoms with Crippen molar-refractivity contribution in [3.63, 3.8) is 0 Å². The van der Waals surface area contributed by atoms with Crippen molar-refractivity contribution in [2.75, 3.05) is 11.9 Å². The molecule has 116 valence electrons. The molecular weight excluding hydrogens is 274 g/mol. The largest absolute Gasteiger partial charge is 0.325 e. The smallest absolute Gasteiger partial charge is 0.238 e. The van der Waals surface area contributed by atoms with Crippen LogP contribution in [0.1, 0.15) is 43.9 Å². The van der Waals surface area contributed by atoms with Gasteiger partial charge in [-0.05, 0) is 48.2 Å². The van der Waals surface area contributed by atoms with Crippen LogP contribution >= 0.6 is 0 Å². The van der Waals surface area contributed by atoms with Gasteiger partial charge in [-0.15, -0.1) is 0 Å². The molecule has 0 saturated heterocycles. The first-order valence-corrected chi connectivity index (χ1v) is 7.59. The number of amides is 1. The molecule has 1 amide bonds. The Balaban J connectivity index is 1.87. The minimum absolute atomic E-state index is 0.0400. The van der Waals surface area contributed by atoms with Crippen LogP contribution in [0.4, 0.5) is 5.69 Å². The number of nitrogens with zero attached hydrogens (tertiary/aromatic N) is 1. The van der Waals surface area contributed by atoms with E-state index in [1.165, 1.54) is 5.56 Å². The van der Waals surface area contributed by atoms with Gasteiger partial charge in [0.25, 0.3) is 0 Å². The van der Waals surface area contributed by atoms with Crippen LogP contribution in [-0.2, 0) is 4.79 Å². The van der Waals surface area contributed by atoms with Gasteiger partial charge in [-0.25, -0.2) is 0 Å². The van der Waals surface area contributed by atoms with Gasteiger partial charge in [0.05, 0.1) is 6.54 Å². The number of nitrogens with one attached hydrogen (secondary N) is 2. The Morgan fingerprint density at radius 3 is 2.50 bits per heavy atom. The zero-order valence-corrected chi connectivity index (χ0v) is 13.3. The summed E-state index contributed by atoms with van der Waals surface area (Å²) in [5.74, 6) is 0.406. The maximum atomic E-state index is 12.0. The van der Waals surface area contributed by atoms with Gasteiger partial charge in [-0.2, -0.15) is 0 Å². The molecule has 1 atom stereocenters. The van der Waals surface area contributed by atoms with Gasteiger partial charge in [0.15, 0.2) is 0 Å². The number of aromatic nitrogens is 1. The molecule has 4 nitrogen and oxygen atoms in total. The molecule has 0 saturated carbocycles. The quantitative estimate of drug-likeness (QED) is 0.858. The Morgan fingerprint density at radius 1 is 1.09 bits per heavy atom. The highest BCUT2D eigenvalue weighted by Gasteiger charge is 2.08. The van der Waals surface area contributed by atoms with E-state index in [4.69, 9.17) is 0 Å². The summed E-state index contributed by atoms with van der Waals surface area (Å²) < 4.78 is 0. The highest BCUT2D eigenvalue weighted by molar-refractivity contribution is 5.92. The maximum absolute atomic E-state index is 12.0. The summed E-state index contributed by atoms with van der Waals surface area (Å²) in [4.78, 5) is 16.0. The number of hydrogen-bond donors (Lipinski definition) is 2. The first kappa shape index (κ1) is 16.2. The summed E-state index contributed by atoms with van der Waals surface area (Å²) in [6.07, 6.45) is 3.51. The Morgan fingerprint density at radius 2 is 1.82 bits per heavy atom. The number of carbonyl (C=O) groups excluding carboxylic acids is 1. The van der Waals surface area contributed by atoms with E-state index >= 15 is 0 Å². The first-order valence-electron chi connectivity index (χ1n) is 7.59. The lowest BCUT2D eigenvalue weighted by Gasteiger charge is -2.14. The SMILES string of the molecule is CC(C)c1cccc(NC(=O)CN[C@@H](C)c2ccncc2)c1. The number of hydrogen-bond acceptors (Lipinski definition) is 3. The molecule has 4 heteroatoms. The average Bonchev–Trinajstić information content (AvgIpc) is 2.53. The van der Waals surface area contributed by atoms with Gasteiger partial charge in [0.1, 0.15) is 0 Å². The Kier molecular flexibility index (Phi) is 5.67. The second kappa shape index (κ2) is 7.71. The summed E-state index contributed by atoms with van der Waals surface area (Å²) in [6, 6.07) is 12.0. The van der Waals surface area contributed by atoms with Crippen LogP contribution in [0.15, 0.2) is 48.8 Å². The number of anilines is 1. The first-order chi connectivity index (χ1) is 10.6. The third-order valence-electron chi connectivity index (χ3n) is 3.61. The molecule has 0 fully saturated rings. The molecule has 0 spiro atoms. The molecule has 0 unspecified atom stereocenters. The molecule has 0 aliphatic rings. The van der Waals surface area contributed by atoms with Gasteiger partial charge < -0.3 is 10.6 Å². The molecule has 1 aromatic carbocycles. The third-order valence-corrected chi connectivity index (χ3v) is 3.61. The van der Waals surface area contributed by atoms with Crippen molar-refractivity contribution in [3.8, 4) is 0 Å². The summed E-state index contributed by atoms with van der Waals surface area (Å²) >= 11 is 0. The van der Waals surface area contributed by atoms with Crippen LogP contribution < -0.4 is 10.6 Å². The average molecular weight is 297 g/mol. The van der Waals surface area contributed by atoms with E-state index in [9.17, 15) is 4.79 Å². The van der Waals surface area contributed by atoms with E-state index in [0.29, 0.717) is 5.92 Å². The molecule has 0 aliphatic heterocycles. The molecule has 22 heavy (non-hydrogen) atoms. The van der Waals surface area contributed by atoms with Crippen molar-refractivity contribution in [1.29, 1.82) is 0 Å².